The first kappa shape index (κ1) is 6.85. The van der Waals surface area contributed by atoms with Crippen LogP contribution in [-0.4, -0.2) is 9.38 Å². The minimum absolute atomic E-state index is 0.814. The van der Waals surface area contributed by atoms with Gasteiger partial charge < -0.3 is 4.40 Å². The van der Waals surface area contributed by atoms with Gasteiger partial charge in [0.2, 0.25) is 0 Å². The molecule has 3 heteroatoms. The van der Waals surface area contributed by atoms with Crippen molar-refractivity contribution in [2.45, 2.75) is 5.33 Å². The second kappa shape index (κ2) is 2.66. The summed E-state index contributed by atoms with van der Waals surface area (Å²) >= 11 is 3.36. The van der Waals surface area contributed by atoms with E-state index in [1.165, 1.54) is 5.52 Å². The van der Waals surface area contributed by atoms with Crippen molar-refractivity contribution in [3.05, 3.63) is 36.4 Å². The molecule has 0 unspecified atom stereocenters. The lowest BCUT2D eigenvalue weighted by Gasteiger charge is -1.95. The molecule has 0 bridgehead atoms. The summed E-state index contributed by atoms with van der Waals surface area (Å²) in [6.07, 6.45) is 3.81. The molecule has 56 valence electrons. The predicted octanol–water partition coefficient (Wildman–Crippen LogP) is 2.23. The summed E-state index contributed by atoms with van der Waals surface area (Å²) in [5, 5.41) is 0.814. The molecule has 0 aliphatic rings. The van der Waals surface area contributed by atoms with E-state index in [1.54, 1.807) is 0 Å². The van der Waals surface area contributed by atoms with Crippen LogP contribution >= 0.6 is 15.9 Å². The van der Waals surface area contributed by atoms with Crippen LogP contribution in [0.3, 0.4) is 0 Å². The molecule has 0 aliphatic heterocycles. The molecule has 0 spiro atoms. The van der Waals surface area contributed by atoms with Gasteiger partial charge in [0.25, 0.3) is 0 Å². The molecule has 0 amide bonds. The average Bonchev–Trinajstić information content (AvgIpc) is 2.50. The SMILES string of the molecule is BrCc1cc2cccn2cn1. The fraction of sp³-hybridized carbons (Fsp3) is 0.125. The van der Waals surface area contributed by atoms with E-state index in [0.29, 0.717) is 0 Å². The lowest BCUT2D eigenvalue weighted by atomic mass is 10.4. The van der Waals surface area contributed by atoms with Crippen molar-refractivity contribution in [2.75, 3.05) is 0 Å². The summed E-state index contributed by atoms with van der Waals surface area (Å²) in [5.41, 5.74) is 2.26. The average molecular weight is 211 g/mol. The van der Waals surface area contributed by atoms with E-state index in [4.69, 9.17) is 0 Å². The van der Waals surface area contributed by atoms with Crippen molar-refractivity contribution < 1.29 is 0 Å². The van der Waals surface area contributed by atoms with Gasteiger partial charge in [0, 0.05) is 17.0 Å². The molecule has 2 aromatic heterocycles. The van der Waals surface area contributed by atoms with Crippen molar-refractivity contribution in [3.8, 4) is 0 Å². The number of fused-ring (bicyclic) bond motifs is 1. The fourth-order valence-electron chi connectivity index (χ4n) is 1.05. The Morgan fingerprint density at radius 2 is 2.45 bits per heavy atom. The van der Waals surface area contributed by atoms with Gasteiger partial charge in [-0.25, -0.2) is 4.98 Å². The third-order valence-electron chi connectivity index (χ3n) is 1.61. The molecule has 2 nitrogen and oxygen atoms in total. The molecule has 2 heterocycles. The Labute approximate surface area is 73.0 Å². The zero-order chi connectivity index (χ0) is 7.68. The van der Waals surface area contributed by atoms with Gasteiger partial charge in [-0.15, -0.1) is 0 Å². The Bertz CT molecular complexity index is 367. The Morgan fingerprint density at radius 1 is 1.55 bits per heavy atom. The maximum Gasteiger partial charge on any atom is 0.0994 e. The summed E-state index contributed by atoms with van der Waals surface area (Å²) in [5.74, 6) is 0. The maximum atomic E-state index is 4.21. The highest BCUT2D eigenvalue weighted by molar-refractivity contribution is 9.08. The van der Waals surface area contributed by atoms with Crippen LogP contribution in [0.5, 0.6) is 0 Å². The minimum atomic E-state index is 0.814. The zero-order valence-corrected chi connectivity index (χ0v) is 7.45. The van der Waals surface area contributed by atoms with Gasteiger partial charge in [0.1, 0.15) is 0 Å². The number of rotatable bonds is 1. The number of nitrogens with zero attached hydrogens (tertiary/aromatic N) is 2. The molecule has 0 aliphatic carbocycles. The molecule has 0 N–H and O–H groups in total. The lowest BCUT2D eigenvalue weighted by molar-refractivity contribution is 1.05. The third-order valence-corrected chi connectivity index (χ3v) is 2.19. The van der Waals surface area contributed by atoms with Gasteiger partial charge in [-0.2, -0.15) is 0 Å². The molecule has 2 aromatic rings. The van der Waals surface area contributed by atoms with Gasteiger partial charge in [-0.3, -0.25) is 0 Å². The maximum absolute atomic E-state index is 4.21. The first-order valence-electron chi connectivity index (χ1n) is 3.38. The van der Waals surface area contributed by atoms with Crippen molar-refractivity contribution in [1.29, 1.82) is 0 Å². The normalized spacial score (nSPS) is 10.6. The topological polar surface area (TPSA) is 17.3 Å². The Kier molecular flexibility index (Phi) is 1.66. The summed E-state index contributed by atoms with van der Waals surface area (Å²) in [4.78, 5) is 4.21. The highest BCUT2D eigenvalue weighted by Crippen LogP contribution is 2.07. The van der Waals surface area contributed by atoms with Gasteiger partial charge in [-0.05, 0) is 18.2 Å². The zero-order valence-electron chi connectivity index (χ0n) is 5.87. The van der Waals surface area contributed by atoms with E-state index in [1.807, 2.05) is 23.0 Å². The highest BCUT2D eigenvalue weighted by atomic mass is 79.9. The second-order valence-electron chi connectivity index (χ2n) is 2.35. The molecule has 0 fully saturated rings. The van der Waals surface area contributed by atoms with E-state index in [0.717, 1.165) is 11.0 Å². The summed E-state index contributed by atoms with van der Waals surface area (Å²) in [6.45, 7) is 0. The molecule has 0 radical (unpaired) electrons. The quantitative estimate of drug-likeness (QED) is 0.661. The first-order valence-corrected chi connectivity index (χ1v) is 4.50. The standard InChI is InChI=1S/C8H7BrN2/c9-5-7-4-8-2-1-3-11(8)6-10-7/h1-4,6H,5H2. The van der Waals surface area contributed by atoms with E-state index < -0.39 is 0 Å². The number of aromatic nitrogens is 2. The molecule has 0 aromatic carbocycles. The van der Waals surface area contributed by atoms with Crippen LogP contribution in [0.2, 0.25) is 0 Å². The molecular weight excluding hydrogens is 204 g/mol. The number of hydrogen-bond donors (Lipinski definition) is 0. The van der Waals surface area contributed by atoms with Crippen LogP contribution in [-0.2, 0) is 5.33 Å². The van der Waals surface area contributed by atoms with E-state index in [2.05, 4.69) is 33.0 Å². The first-order chi connectivity index (χ1) is 5.40. The minimum Gasteiger partial charge on any atom is -0.308 e. The summed E-state index contributed by atoms with van der Waals surface area (Å²) in [6, 6.07) is 6.14. The largest absolute Gasteiger partial charge is 0.308 e. The van der Waals surface area contributed by atoms with Crippen molar-refractivity contribution in [1.82, 2.24) is 9.38 Å². The van der Waals surface area contributed by atoms with E-state index >= 15 is 0 Å². The highest BCUT2D eigenvalue weighted by Gasteiger charge is 1.93. The van der Waals surface area contributed by atoms with Crippen LogP contribution in [0.4, 0.5) is 0 Å². The van der Waals surface area contributed by atoms with Gasteiger partial charge in [-0.1, -0.05) is 15.9 Å². The smallest absolute Gasteiger partial charge is 0.0994 e. The molecule has 0 saturated carbocycles. The molecular formula is C8H7BrN2. The molecule has 0 atom stereocenters. The third kappa shape index (κ3) is 1.16. The lowest BCUT2D eigenvalue weighted by Crippen LogP contribution is -1.88. The molecule has 11 heavy (non-hydrogen) atoms. The van der Waals surface area contributed by atoms with Gasteiger partial charge in [0.05, 0.1) is 12.0 Å². The number of alkyl halides is 1. The van der Waals surface area contributed by atoms with E-state index in [-0.39, 0.29) is 0 Å². The van der Waals surface area contributed by atoms with E-state index in [9.17, 15) is 0 Å². The fourth-order valence-corrected chi connectivity index (χ4v) is 1.36. The van der Waals surface area contributed by atoms with Gasteiger partial charge in [0.15, 0.2) is 0 Å². The van der Waals surface area contributed by atoms with Gasteiger partial charge >= 0.3 is 0 Å². The molecule has 2 rings (SSSR count). The number of halogens is 1. The second-order valence-corrected chi connectivity index (χ2v) is 2.91. The van der Waals surface area contributed by atoms with Crippen molar-refractivity contribution >= 4 is 21.4 Å². The summed E-state index contributed by atoms with van der Waals surface area (Å²) < 4.78 is 1.99. The van der Waals surface area contributed by atoms with Crippen molar-refractivity contribution in [2.24, 2.45) is 0 Å². The number of hydrogen-bond acceptors (Lipinski definition) is 1. The Hall–Kier alpha value is -0.830. The Balaban J connectivity index is 2.67. The predicted molar refractivity (Wildman–Crippen MR) is 47.8 cm³/mol. The van der Waals surface area contributed by atoms with Crippen LogP contribution in [0.15, 0.2) is 30.7 Å². The monoisotopic (exact) mass is 210 g/mol. The van der Waals surface area contributed by atoms with Crippen LogP contribution in [0.25, 0.3) is 5.52 Å². The van der Waals surface area contributed by atoms with Crippen LogP contribution in [0.1, 0.15) is 5.69 Å². The van der Waals surface area contributed by atoms with Crippen LogP contribution < -0.4 is 0 Å². The van der Waals surface area contributed by atoms with Crippen LogP contribution in [0, 0.1) is 0 Å². The van der Waals surface area contributed by atoms with Crippen molar-refractivity contribution in [3.63, 3.8) is 0 Å². The molecule has 0 saturated heterocycles. The Morgan fingerprint density at radius 3 is 3.27 bits per heavy atom. The summed E-state index contributed by atoms with van der Waals surface area (Å²) in [7, 11) is 0.